The lowest BCUT2D eigenvalue weighted by Crippen LogP contribution is -2.37. The molecule has 1 unspecified atom stereocenters. The average Bonchev–Trinajstić information content (AvgIpc) is 2.58. The van der Waals surface area contributed by atoms with Crippen LogP contribution in [0.3, 0.4) is 0 Å². The van der Waals surface area contributed by atoms with Crippen LogP contribution in [-0.2, 0) is 9.30 Å². The molecule has 0 aromatic carbocycles. The molecule has 1 saturated heterocycles. The minimum atomic E-state index is -1.32. The van der Waals surface area contributed by atoms with E-state index in [1.165, 1.54) is 6.20 Å². The molecule has 2 heterocycles. The number of hydrogen-bond acceptors (Lipinski definition) is 6. The standard InChI is InChI=1S/C9H11N2O6P/c12-5-1-2-11(9(15)10-5)8-7(14)6(13)4(17-8)3-18-16/h1-2,4,6-8,13-14H,3H2,(H,10,12,15)/p+1/t4-,6-,7-,8-/m1/s1. The number of aliphatic hydroxyl groups is 2. The Hall–Kier alpha value is -1.34. The third-order valence-corrected chi connectivity index (χ3v) is 3.32. The number of nitrogens with zero attached hydrogens (tertiary/aromatic N) is 1. The number of aliphatic hydroxyl groups excluding tert-OH is 2. The van der Waals surface area contributed by atoms with E-state index in [2.05, 4.69) is 0 Å². The fraction of sp³-hybridized carbons (Fsp3) is 0.556. The van der Waals surface area contributed by atoms with Gasteiger partial charge in [-0.05, 0) is 0 Å². The van der Waals surface area contributed by atoms with Crippen molar-refractivity contribution < 1.29 is 19.5 Å². The molecule has 0 aliphatic carbocycles. The van der Waals surface area contributed by atoms with Crippen LogP contribution in [0.2, 0.25) is 0 Å². The second-order valence-electron chi connectivity index (χ2n) is 3.91. The molecular formula is C9H12N2O6P+. The van der Waals surface area contributed by atoms with E-state index in [1.807, 2.05) is 4.98 Å². The largest absolute Gasteiger partial charge is 0.387 e. The van der Waals surface area contributed by atoms with E-state index in [0.717, 1.165) is 10.6 Å². The van der Waals surface area contributed by atoms with Crippen LogP contribution in [0, 0.1) is 0 Å². The average molecular weight is 275 g/mol. The van der Waals surface area contributed by atoms with Gasteiger partial charge in [0.05, 0.1) is 0 Å². The molecule has 1 aliphatic rings. The van der Waals surface area contributed by atoms with Crippen LogP contribution in [0.4, 0.5) is 0 Å². The van der Waals surface area contributed by atoms with Gasteiger partial charge in [-0.25, -0.2) is 4.79 Å². The minimum Gasteiger partial charge on any atom is -0.387 e. The van der Waals surface area contributed by atoms with Gasteiger partial charge >= 0.3 is 14.1 Å². The highest BCUT2D eigenvalue weighted by molar-refractivity contribution is 7.23. The summed E-state index contributed by atoms with van der Waals surface area (Å²) in [5.74, 6) is 0. The van der Waals surface area contributed by atoms with Crippen LogP contribution in [0.15, 0.2) is 21.9 Å². The van der Waals surface area contributed by atoms with Crippen LogP contribution in [0.5, 0.6) is 0 Å². The molecule has 1 aromatic heterocycles. The van der Waals surface area contributed by atoms with Crippen LogP contribution < -0.4 is 11.2 Å². The lowest BCUT2D eigenvalue weighted by atomic mass is 10.1. The van der Waals surface area contributed by atoms with Crippen molar-refractivity contribution in [1.29, 1.82) is 0 Å². The second-order valence-corrected chi connectivity index (χ2v) is 4.61. The van der Waals surface area contributed by atoms with Gasteiger partial charge in [-0.3, -0.25) is 14.3 Å². The fourth-order valence-corrected chi connectivity index (χ4v) is 2.34. The predicted octanol–water partition coefficient (Wildman–Crippen LogP) is -1.82. The van der Waals surface area contributed by atoms with Gasteiger partial charge in [-0.15, -0.1) is 0 Å². The van der Waals surface area contributed by atoms with Crippen molar-refractivity contribution in [2.24, 2.45) is 0 Å². The molecule has 3 N–H and O–H groups in total. The Morgan fingerprint density at radius 1 is 1.39 bits per heavy atom. The summed E-state index contributed by atoms with van der Waals surface area (Å²) in [6.07, 6.45) is -3.23. The summed E-state index contributed by atoms with van der Waals surface area (Å²) in [5, 5.41) is 19.4. The first kappa shape index (κ1) is 13.1. The molecule has 2 rings (SSSR count). The van der Waals surface area contributed by atoms with Crippen molar-refractivity contribution in [2.45, 2.75) is 24.5 Å². The second kappa shape index (κ2) is 5.11. The van der Waals surface area contributed by atoms with Crippen molar-refractivity contribution >= 4 is 8.46 Å². The topological polar surface area (TPSA) is 122 Å². The molecule has 1 fully saturated rings. The van der Waals surface area contributed by atoms with E-state index >= 15 is 0 Å². The molecule has 98 valence electrons. The lowest BCUT2D eigenvalue weighted by molar-refractivity contribution is -0.0342. The summed E-state index contributed by atoms with van der Waals surface area (Å²) in [6.45, 7) is 0. The third kappa shape index (κ3) is 2.28. The summed E-state index contributed by atoms with van der Waals surface area (Å²) < 4.78 is 16.8. The molecule has 1 aromatic rings. The maximum absolute atomic E-state index is 11.5. The first-order valence-electron chi connectivity index (χ1n) is 5.22. The molecule has 18 heavy (non-hydrogen) atoms. The van der Waals surface area contributed by atoms with Crippen molar-refractivity contribution in [3.05, 3.63) is 33.1 Å². The molecule has 0 radical (unpaired) electrons. The van der Waals surface area contributed by atoms with Gasteiger partial charge in [-0.1, -0.05) is 4.57 Å². The molecule has 0 saturated carbocycles. The van der Waals surface area contributed by atoms with Gasteiger partial charge in [0.1, 0.15) is 18.3 Å². The maximum atomic E-state index is 11.5. The van der Waals surface area contributed by atoms with Crippen LogP contribution in [-0.4, -0.2) is 44.2 Å². The smallest absolute Gasteiger partial charge is 0.330 e. The summed E-state index contributed by atoms with van der Waals surface area (Å²) in [5.41, 5.74) is -1.31. The zero-order chi connectivity index (χ0) is 13.3. The minimum absolute atomic E-state index is 0.0623. The molecular weight excluding hydrogens is 263 g/mol. The number of ether oxygens (including phenoxy) is 1. The van der Waals surface area contributed by atoms with Gasteiger partial charge in [-0.2, -0.15) is 0 Å². The number of aromatic amines is 1. The molecule has 0 bridgehead atoms. The van der Waals surface area contributed by atoms with E-state index in [0.29, 0.717) is 0 Å². The van der Waals surface area contributed by atoms with Crippen LogP contribution >= 0.6 is 8.46 Å². The third-order valence-electron chi connectivity index (χ3n) is 2.75. The Morgan fingerprint density at radius 3 is 2.72 bits per heavy atom. The van der Waals surface area contributed by atoms with Gasteiger partial charge in [0.15, 0.2) is 12.4 Å². The molecule has 8 nitrogen and oxygen atoms in total. The van der Waals surface area contributed by atoms with Crippen LogP contribution in [0.25, 0.3) is 0 Å². The van der Waals surface area contributed by atoms with E-state index in [1.54, 1.807) is 0 Å². The van der Waals surface area contributed by atoms with E-state index < -0.39 is 44.2 Å². The Kier molecular flexibility index (Phi) is 3.72. The Bertz CT molecular complexity index is 554. The highest BCUT2D eigenvalue weighted by Gasteiger charge is 2.45. The summed E-state index contributed by atoms with van der Waals surface area (Å²) in [6, 6.07) is 1.10. The normalized spacial score (nSPS) is 31.9. The first-order chi connectivity index (χ1) is 8.54. The molecule has 0 amide bonds. The molecule has 1 aliphatic heterocycles. The van der Waals surface area contributed by atoms with Gasteiger partial charge in [0.2, 0.25) is 0 Å². The van der Waals surface area contributed by atoms with E-state index in [9.17, 15) is 24.4 Å². The summed E-state index contributed by atoms with van der Waals surface area (Å²) in [7, 11) is -0.681. The van der Waals surface area contributed by atoms with Gasteiger partial charge in [0, 0.05) is 12.3 Å². The summed E-state index contributed by atoms with van der Waals surface area (Å²) >= 11 is 0. The lowest BCUT2D eigenvalue weighted by Gasteiger charge is -2.16. The van der Waals surface area contributed by atoms with Gasteiger partial charge < -0.3 is 14.9 Å². The monoisotopic (exact) mass is 275 g/mol. The zero-order valence-corrected chi connectivity index (χ0v) is 10.1. The maximum Gasteiger partial charge on any atom is 0.330 e. The van der Waals surface area contributed by atoms with Crippen LogP contribution in [0.1, 0.15) is 6.23 Å². The highest BCUT2D eigenvalue weighted by Crippen LogP contribution is 2.29. The molecule has 0 spiro atoms. The SMILES string of the molecule is O=[PH+]C[C@H]1O[C@@H](n2ccc(=O)[nH]c2=O)[C@H](O)[C@@H]1O. The fourth-order valence-electron chi connectivity index (χ4n) is 1.84. The summed E-state index contributed by atoms with van der Waals surface area (Å²) in [4.78, 5) is 24.4. The first-order valence-corrected chi connectivity index (χ1v) is 6.34. The quantitative estimate of drug-likeness (QED) is 0.558. The van der Waals surface area contributed by atoms with Crippen molar-refractivity contribution in [1.82, 2.24) is 9.55 Å². The Balaban J connectivity index is 2.31. The predicted molar refractivity (Wildman–Crippen MR) is 61.1 cm³/mol. The number of nitrogens with one attached hydrogen (secondary N) is 1. The van der Waals surface area contributed by atoms with E-state index in [4.69, 9.17) is 4.74 Å². The zero-order valence-electron chi connectivity index (χ0n) is 9.15. The van der Waals surface area contributed by atoms with Crippen molar-refractivity contribution in [3.63, 3.8) is 0 Å². The molecule has 5 atom stereocenters. The Labute approximate surface area is 102 Å². The van der Waals surface area contributed by atoms with Crippen molar-refractivity contribution in [2.75, 3.05) is 6.16 Å². The number of rotatable bonds is 3. The number of H-pyrrole nitrogens is 1. The number of hydrogen-bond donors (Lipinski definition) is 3. The van der Waals surface area contributed by atoms with E-state index in [-0.39, 0.29) is 6.16 Å². The van der Waals surface area contributed by atoms with Crippen molar-refractivity contribution in [3.8, 4) is 0 Å². The molecule has 9 heteroatoms. The van der Waals surface area contributed by atoms with Gasteiger partial charge in [0.25, 0.3) is 5.56 Å². The number of aromatic nitrogens is 2. The highest BCUT2D eigenvalue weighted by atomic mass is 31.1. The Morgan fingerprint density at radius 2 is 2.11 bits per heavy atom.